The van der Waals surface area contributed by atoms with E-state index in [0.717, 1.165) is 14.5 Å². The normalized spacial score (nSPS) is 11.7. The molecular weight excluding hydrogens is 434 g/mol. The number of aromatic nitrogens is 2. The van der Waals surface area contributed by atoms with Crippen LogP contribution in [0.15, 0.2) is 61.3 Å². The highest BCUT2D eigenvalue weighted by Crippen LogP contribution is 2.19. The van der Waals surface area contributed by atoms with Crippen molar-refractivity contribution >= 4 is 49.0 Å². The van der Waals surface area contributed by atoms with Crippen LogP contribution >= 0.6 is 31.9 Å². The van der Waals surface area contributed by atoms with E-state index in [9.17, 15) is 4.79 Å². The summed E-state index contributed by atoms with van der Waals surface area (Å²) in [5, 5.41) is 4.94. The number of hydrogen-bond acceptors (Lipinski definition) is 3. The van der Waals surface area contributed by atoms with Gasteiger partial charge in [-0.1, -0.05) is 57.8 Å². The second-order valence-electron chi connectivity index (χ2n) is 5.70. The van der Waals surface area contributed by atoms with Crippen molar-refractivity contribution in [2.24, 2.45) is 5.10 Å². The Kier molecular flexibility index (Phi) is 4.96. The zero-order valence-electron chi connectivity index (χ0n) is 13.2. The van der Waals surface area contributed by atoms with Crippen LogP contribution in [0.25, 0.3) is 10.9 Å². The van der Waals surface area contributed by atoms with E-state index in [2.05, 4.69) is 41.9 Å². The molecule has 0 amide bonds. The third kappa shape index (κ3) is 3.49. The molecule has 0 aliphatic carbocycles. The van der Waals surface area contributed by atoms with Gasteiger partial charge in [0.1, 0.15) is 5.82 Å². The highest BCUT2D eigenvalue weighted by atomic mass is 79.9. The maximum absolute atomic E-state index is 12.9. The molecule has 1 heterocycles. The third-order valence-corrected chi connectivity index (χ3v) is 4.56. The fraction of sp³-hybridized carbons (Fsp3) is 0.167. The molecule has 0 aliphatic heterocycles. The minimum absolute atomic E-state index is 0.0767. The molecule has 0 aliphatic rings. The molecule has 6 heteroatoms. The molecule has 0 radical (unpaired) electrons. The van der Waals surface area contributed by atoms with Crippen LogP contribution in [-0.2, 0) is 0 Å². The summed E-state index contributed by atoms with van der Waals surface area (Å²) in [6.45, 7) is 4.00. The van der Waals surface area contributed by atoms with Crippen LogP contribution in [0.1, 0.15) is 31.2 Å². The Balaban J connectivity index is 2.17. The quantitative estimate of drug-likeness (QED) is 0.533. The first kappa shape index (κ1) is 17.0. The number of rotatable bonds is 3. The Labute approximate surface area is 156 Å². The van der Waals surface area contributed by atoms with Crippen molar-refractivity contribution in [3.63, 3.8) is 0 Å². The average Bonchev–Trinajstić information content (AvgIpc) is 2.55. The molecule has 0 saturated carbocycles. The molecule has 24 heavy (non-hydrogen) atoms. The predicted octanol–water partition coefficient (Wildman–Crippen LogP) is 4.93. The Morgan fingerprint density at radius 1 is 1.08 bits per heavy atom. The van der Waals surface area contributed by atoms with Crippen molar-refractivity contribution in [2.45, 2.75) is 19.8 Å². The first-order chi connectivity index (χ1) is 11.5. The average molecular weight is 449 g/mol. The molecule has 0 saturated heterocycles. The summed E-state index contributed by atoms with van der Waals surface area (Å²) in [5.41, 5.74) is 1.43. The second-order valence-corrected chi connectivity index (χ2v) is 7.53. The van der Waals surface area contributed by atoms with Gasteiger partial charge in [-0.05, 0) is 35.9 Å². The van der Waals surface area contributed by atoms with Crippen LogP contribution in [0.2, 0.25) is 0 Å². The molecule has 0 N–H and O–H groups in total. The summed E-state index contributed by atoms with van der Waals surface area (Å²) in [6.07, 6.45) is 1.67. The zero-order valence-corrected chi connectivity index (χ0v) is 16.4. The van der Waals surface area contributed by atoms with Crippen LogP contribution < -0.4 is 5.56 Å². The molecule has 1 aromatic heterocycles. The minimum atomic E-state index is -0.168. The maximum Gasteiger partial charge on any atom is 0.282 e. The van der Waals surface area contributed by atoms with Gasteiger partial charge in [-0.25, -0.2) is 4.98 Å². The van der Waals surface area contributed by atoms with Crippen molar-refractivity contribution in [3.05, 3.63) is 73.2 Å². The molecule has 3 rings (SSSR count). The fourth-order valence-corrected chi connectivity index (χ4v) is 2.95. The molecule has 2 aromatic carbocycles. The van der Waals surface area contributed by atoms with Crippen LogP contribution in [0.4, 0.5) is 0 Å². The SMILES string of the molecule is CC(C)c1nc2ccc(Br)cc2c(=O)n1N=Cc1ccc(Br)cc1. The van der Waals surface area contributed by atoms with Gasteiger partial charge in [0.25, 0.3) is 5.56 Å². The number of fused-ring (bicyclic) bond motifs is 1. The third-order valence-electron chi connectivity index (χ3n) is 3.54. The monoisotopic (exact) mass is 447 g/mol. The van der Waals surface area contributed by atoms with Gasteiger partial charge in [0, 0.05) is 14.9 Å². The number of nitrogens with zero attached hydrogens (tertiary/aromatic N) is 3. The predicted molar refractivity (Wildman–Crippen MR) is 105 cm³/mol. The Morgan fingerprint density at radius 2 is 1.75 bits per heavy atom. The van der Waals surface area contributed by atoms with Gasteiger partial charge in [0.15, 0.2) is 0 Å². The number of halogens is 2. The largest absolute Gasteiger partial charge is 0.282 e. The highest BCUT2D eigenvalue weighted by Gasteiger charge is 2.13. The van der Waals surface area contributed by atoms with E-state index in [1.807, 2.05) is 50.2 Å². The smallest absolute Gasteiger partial charge is 0.267 e. The van der Waals surface area contributed by atoms with Crippen LogP contribution in [-0.4, -0.2) is 15.9 Å². The number of benzene rings is 2. The van der Waals surface area contributed by atoms with E-state index >= 15 is 0 Å². The molecule has 0 spiro atoms. The molecule has 0 unspecified atom stereocenters. The lowest BCUT2D eigenvalue weighted by molar-refractivity contribution is 0.665. The lowest BCUT2D eigenvalue weighted by Crippen LogP contribution is -2.23. The van der Waals surface area contributed by atoms with E-state index in [1.54, 1.807) is 12.3 Å². The van der Waals surface area contributed by atoms with Gasteiger partial charge in [0.2, 0.25) is 0 Å². The van der Waals surface area contributed by atoms with E-state index in [4.69, 9.17) is 0 Å². The lowest BCUT2D eigenvalue weighted by atomic mass is 10.2. The van der Waals surface area contributed by atoms with Gasteiger partial charge in [0.05, 0.1) is 17.1 Å². The summed E-state index contributed by atoms with van der Waals surface area (Å²) in [5.74, 6) is 0.719. The van der Waals surface area contributed by atoms with Crippen molar-refractivity contribution in [1.29, 1.82) is 0 Å². The van der Waals surface area contributed by atoms with Crippen LogP contribution in [0.5, 0.6) is 0 Å². The molecule has 0 atom stereocenters. The topological polar surface area (TPSA) is 47.2 Å². The molecule has 4 nitrogen and oxygen atoms in total. The minimum Gasteiger partial charge on any atom is -0.267 e. The Hall–Kier alpha value is -1.79. The zero-order chi connectivity index (χ0) is 17.3. The molecule has 3 aromatic rings. The molecule has 122 valence electrons. The van der Waals surface area contributed by atoms with Crippen molar-refractivity contribution < 1.29 is 0 Å². The summed E-state index contributed by atoms with van der Waals surface area (Å²) >= 11 is 6.81. The molecule has 0 bridgehead atoms. The Morgan fingerprint density at radius 3 is 2.42 bits per heavy atom. The summed E-state index contributed by atoms with van der Waals surface area (Å²) in [6, 6.07) is 13.2. The standard InChI is InChI=1S/C18H15Br2N3O/c1-11(2)17-22-16-8-7-14(20)9-15(16)18(24)23(17)21-10-12-3-5-13(19)6-4-12/h3-11H,1-2H3. The van der Waals surface area contributed by atoms with E-state index in [-0.39, 0.29) is 11.5 Å². The van der Waals surface area contributed by atoms with Crippen LogP contribution in [0, 0.1) is 0 Å². The molecule has 0 fully saturated rings. The first-order valence-electron chi connectivity index (χ1n) is 7.48. The van der Waals surface area contributed by atoms with E-state index in [1.165, 1.54) is 4.68 Å². The van der Waals surface area contributed by atoms with E-state index < -0.39 is 0 Å². The summed E-state index contributed by atoms with van der Waals surface area (Å²) in [4.78, 5) is 17.5. The number of hydrogen-bond donors (Lipinski definition) is 0. The highest BCUT2D eigenvalue weighted by molar-refractivity contribution is 9.10. The first-order valence-corrected chi connectivity index (χ1v) is 9.06. The fourth-order valence-electron chi connectivity index (χ4n) is 2.32. The van der Waals surface area contributed by atoms with Gasteiger partial charge in [-0.2, -0.15) is 9.78 Å². The van der Waals surface area contributed by atoms with E-state index in [0.29, 0.717) is 16.7 Å². The van der Waals surface area contributed by atoms with Crippen molar-refractivity contribution in [1.82, 2.24) is 9.66 Å². The summed E-state index contributed by atoms with van der Waals surface area (Å²) in [7, 11) is 0. The Bertz CT molecular complexity index is 976. The van der Waals surface area contributed by atoms with Gasteiger partial charge < -0.3 is 0 Å². The van der Waals surface area contributed by atoms with Gasteiger partial charge in [-0.3, -0.25) is 4.79 Å². The van der Waals surface area contributed by atoms with Gasteiger partial charge >= 0.3 is 0 Å². The van der Waals surface area contributed by atoms with Crippen molar-refractivity contribution in [3.8, 4) is 0 Å². The summed E-state index contributed by atoms with van der Waals surface area (Å²) < 4.78 is 3.23. The van der Waals surface area contributed by atoms with Gasteiger partial charge in [-0.15, -0.1) is 0 Å². The lowest BCUT2D eigenvalue weighted by Gasteiger charge is -2.11. The van der Waals surface area contributed by atoms with Crippen molar-refractivity contribution in [2.75, 3.05) is 0 Å². The molecular formula is C18H15Br2N3O. The second kappa shape index (κ2) is 6.99. The maximum atomic E-state index is 12.9. The van der Waals surface area contributed by atoms with Crippen LogP contribution in [0.3, 0.4) is 0 Å².